The van der Waals surface area contributed by atoms with E-state index < -0.39 is 5.60 Å². The molecule has 0 aliphatic carbocycles. The standard InChI is InChI=1S/C15H31NO2/c1-7-9-11-16(12-10-8-2)13(3)14(17)18-15(4,5)6/h13H,7-12H2,1-6H3. The summed E-state index contributed by atoms with van der Waals surface area (Å²) in [6.07, 6.45) is 4.58. The minimum Gasteiger partial charge on any atom is -0.459 e. The van der Waals surface area contributed by atoms with Crippen LogP contribution in [-0.4, -0.2) is 35.6 Å². The molecule has 0 radical (unpaired) electrons. The molecule has 0 rings (SSSR count). The van der Waals surface area contributed by atoms with Crippen molar-refractivity contribution in [3.05, 3.63) is 0 Å². The van der Waals surface area contributed by atoms with Crippen LogP contribution in [0.25, 0.3) is 0 Å². The first-order valence-corrected chi connectivity index (χ1v) is 7.28. The van der Waals surface area contributed by atoms with E-state index in [-0.39, 0.29) is 12.0 Å². The summed E-state index contributed by atoms with van der Waals surface area (Å²) in [5.74, 6) is -0.102. The van der Waals surface area contributed by atoms with Crippen LogP contribution in [0.1, 0.15) is 67.2 Å². The summed E-state index contributed by atoms with van der Waals surface area (Å²) >= 11 is 0. The van der Waals surface area contributed by atoms with E-state index >= 15 is 0 Å². The molecule has 18 heavy (non-hydrogen) atoms. The van der Waals surface area contributed by atoms with Gasteiger partial charge in [0.25, 0.3) is 0 Å². The van der Waals surface area contributed by atoms with Crippen LogP contribution < -0.4 is 0 Å². The maximum atomic E-state index is 12.1. The fourth-order valence-electron chi connectivity index (χ4n) is 1.76. The summed E-state index contributed by atoms with van der Waals surface area (Å²) in [5.41, 5.74) is -0.396. The number of esters is 1. The molecule has 0 aliphatic rings. The third-order valence-corrected chi connectivity index (χ3v) is 2.89. The van der Waals surface area contributed by atoms with Gasteiger partial charge in [-0.05, 0) is 53.6 Å². The van der Waals surface area contributed by atoms with Crippen molar-refractivity contribution in [2.45, 2.75) is 78.9 Å². The lowest BCUT2D eigenvalue weighted by molar-refractivity contribution is -0.160. The Hall–Kier alpha value is -0.570. The second kappa shape index (κ2) is 8.52. The third kappa shape index (κ3) is 7.70. The third-order valence-electron chi connectivity index (χ3n) is 2.89. The van der Waals surface area contributed by atoms with Crippen molar-refractivity contribution in [3.63, 3.8) is 0 Å². The average molecular weight is 257 g/mol. The van der Waals surface area contributed by atoms with E-state index in [1.165, 1.54) is 0 Å². The minimum atomic E-state index is -0.396. The van der Waals surface area contributed by atoms with Crippen LogP contribution in [0.4, 0.5) is 0 Å². The number of nitrogens with zero attached hydrogens (tertiary/aromatic N) is 1. The molecular formula is C15H31NO2. The monoisotopic (exact) mass is 257 g/mol. The zero-order valence-corrected chi connectivity index (χ0v) is 13.1. The van der Waals surface area contributed by atoms with E-state index in [1.807, 2.05) is 27.7 Å². The number of rotatable bonds is 8. The van der Waals surface area contributed by atoms with Crippen LogP contribution >= 0.6 is 0 Å². The Kier molecular flexibility index (Phi) is 8.25. The molecule has 3 nitrogen and oxygen atoms in total. The normalized spacial score (nSPS) is 13.7. The summed E-state index contributed by atoms with van der Waals surface area (Å²) < 4.78 is 5.46. The summed E-state index contributed by atoms with van der Waals surface area (Å²) in [6.45, 7) is 14.0. The Morgan fingerprint density at radius 2 is 1.56 bits per heavy atom. The number of ether oxygens (including phenoxy) is 1. The van der Waals surface area contributed by atoms with Crippen molar-refractivity contribution in [2.24, 2.45) is 0 Å². The average Bonchev–Trinajstić information content (AvgIpc) is 2.26. The van der Waals surface area contributed by atoms with Gasteiger partial charge in [-0.15, -0.1) is 0 Å². The zero-order chi connectivity index (χ0) is 14.2. The Balaban J connectivity index is 4.41. The first kappa shape index (κ1) is 17.4. The lowest BCUT2D eigenvalue weighted by Crippen LogP contribution is -2.43. The number of carbonyl (C=O) groups excluding carboxylic acids is 1. The fourth-order valence-corrected chi connectivity index (χ4v) is 1.76. The maximum Gasteiger partial charge on any atom is 0.323 e. The van der Waals surface area contributed by atoms with Crippen molar-refractivity contribution < 1.29 is 9.53 Å². The summed E-state index contributed by atoms with van der Waals surface area (Å²) in [6, 6.07) is -0.137. The van der Waals surface area contributed by atoms with Gasteiger partial charge in [0.2, 0.25) is 0 Å². The Morgan fingerprint density at radius 1 is 1.11 bits per heavy atom. The fraction of sp³-hybridized carbons (Fsp3) is 0.933. The second-order valence-electron chi connectivity index (χ2n) is 5.95. The molecule has 0 bridgehead atoms. The largest absolute Gasteiger partial charge is 0.459 e. The predicted octanol–water partition coefficient (Wildman–Crippen LogP) is 3.62. The highest BCUT2D eigenvalue weighted by Crippen LogP contribution is 2.12. The molecule has 0 aromatic carbocycles. The molecule has 0 heterocycles. The summed E-state index contributed by atoms with van der Waals surface area (Å²) in [4.78, 5) is 14.3. The highest BCUT2D eigenvalue weighted by atomic mass is 16.6. The van der Waals surface area contributed by atoms with Crippen LogP contribution in [-0.2, 0) is 9.53 Å². The summed E-state index contributed by atoms with van der Waals surface area (Å²) in [7, 11) is 0. The lowest BCUT2D eigenvalue weighted by atomic mass is 10.1. The first-order chi connectivity index (χ1) is 8.31. The van der Waals surface area contributed by atoms with Crippen molar-refractivity contribution in [2.75, 3.05) is 13.1 Å². The molecular weight excluding hydrogens is 226 g/mol. The van der Waals surface area contributed by atoms with Crippen LogP contribution in [0, 0.1) is 0 Å². The highest BCUT2D eigenvalue weighted by Gasteiger charge is 2.25. The molecule has 0 fully saturated rings. The molecule has 0 N–H and O–H groups in total. The van der Waals surface area contributed by atoms with E-state index in [1.54, 1.807) is 0 Å². The molecule has 0 aromatic heterocycles. The number of hydrogen-bond acceptors (Lipinski definition) is 3. The molecule has 0 aromatic rings. The highest BCUT2D eigenvalue weighted by molar-refractivity contribution is 5.75. The zero-order valence-electron chi connectivity index (χ0n) is 13.1. The Morgan fingerprint density at radius 3 is 1.89 bits per heavy atom. The van der Waals surface area contributed by atoms with Gasteiger partial charge in [-0.2, -0.15) is 0 Å². The van der Waals surface area contributed by atoms with Gasteiger partial charge in [0, 0.05) is 0 Å². The van der Waals surface area contributed by atoms with Gasteiger partial charge in [-0.25, -0.2) is 0 Å². The van der Waals surface area contributed by atoms with Crippen LogP contribution in [0.15, 0.2) is 0 Å². The van der Waals surface area contributed by atoms with Crippen molar-refractivity contribution in [3.8, 4) is 0 Å². The van der Waals surface area contributed by atoms with Crippen LogP contribution in [0.5, 0.6) is 0 Å². The molecule has 0 amide bonds. The van der Waals surface area contributed by atoms with Crippen LogP contribution in [0.3, 0.4) is 0 Å². The lowest BCUT2D eigenvalue weighted by Gasteiger charge is -2.30. The van der Waals surface area contributed by atoms with Crippen molar-refractivity contribution in [1.82, 2.24) is 4.90 Å². The molecule has 3 heteroatoms. The Bertz CT molecular complexity index is 225. The van der Waals surface area contributed by atoms with Gasteiger partial charge < -0.3 is 4.74 Å². The molecule has 0 saturated heterocycles. The number of unbranched alkanes of at least 4 members (excludes halogenated alkanes) is 2. The van der Waals surface area contributed by atoms with E-state index in [0.717, 1.165) is 38.8 Å². The summed E-state index contributed by atoms with van der Waals surface area (Å²) in [5, 5.41) is 0. The molecule has 108 valence electrons. The van der Waals surface area contributed by atoms with Crippen molar-refractivity contribution >= 4 is 5.97 Å². The van der Waals surface area contributed by atoms with Gasteiger partial charge in [0.05, 0.1) is 0 Å². The molecule has 0 saturated carbocycles. The van der Waals surface area contributed by atoms with Gasteiger partial charge in [0.15, 0.2) is 0 Å². The first-order valence-electron chi connectivity index (χ1n) is 7.28. The SMILES string of the molecule is CCCCN(CCCC)C(C)C(=O)OC(C)(C)C. The van der Waals surface area contributed by atoms with Gasteiger partial charge in [0.1, 0.15) is 11.6 Å². The van der Waals surface area contributed by atoms with E-state index in [4.69, 9.17) is 4.74 Å². The Labute approximate surface area is 113 Å². The molecule has 0 aliphatic heterocycles. The quantitative estimate of drug-likeness (QED) is 0.622. The second-order valence-corrected chi connectivity index (χ2v) is 5.95. The van der Waals surface area contributed by atoms with Gasteiger partial charge >= 0.3 is 5.97 Å². The van der Waals surface area contributed by atoms with E-state index in [9.17, 15) is 4.79 Å². The molecule has 1 unspecified atom stereocenters. The van der Waals surface area contributed by atoms with Crippen LogP contribution in [0.2, 0.25) is 0 Å². The van der Waals surface area contributed by atoms with Crippen molar-refractivity contribution in [1.29, 1.82) is 0 Å². The van der Waals surface area contributed by atoms with E-state index in [0.29, 0.717) is 0 Å². The number of carbonyl (C=O) groups is 1. The van der Waals surface area contributed by atoms with E-state index in [2.05, 4.69) is 18.7 Å². The minimum absolute atomic E-state index is 0.102. The number of hydrogen-bond donors (Lipinski definition) is 0. The maximum absolute atomic E-state index is 12.1. The molecule has 1 atom stereocenters. The van der Waals surface area contributed by atoms with Gasteiger partial charge in [-0.1, -0.05) is 26.7 Å². The molecule has 0 spiro atoms. The topological polar surface area (TPSA) is 29.5 Å². The smallest absolute Gasteiger partial charge is 0.323 e. The van der Waals surface area contributed by atoms with Gasteiger partial charge in [-0.3, -0.25) is 9.69 Å². The predicted molar refractivity (Wildman–Crippen MR) is 76.7 cm³/mol.